The average molecular weight is 359 g/mol. The van der Waals surface area contributed by atoms with Crippen LogP contribution in [0.1, 0.15) is 20.7 Å². The van der Waals surface area contributed by atoms with Gasteiger partial charge in [-0.15, -0.1) is 0 Å². The summed E-state index contributed by atoms with van der Waals surface area (Å²) in [5, 5.41) is 16.2. The smallest absolute Gasteiger partial charge is 0.282 e. The van der Waals surface area contributed by atoms with E-state index in [1.165, 1.54) is 57.7 Å². The van der Waals surface area contributed by atoms with Crippen LogP contribution >= 0.6 is 0 Å². The molecule has 0 spiro atoms. The molecule has 0 saturated carbocycles. The predicted molar refractivity (Wildman–Crippen MR) is 94.0 cm³/mol. The van der Waals surface area contributed by atoms with Crippen molar-refractivity contribution >= 4 is 23.2 Å². The van der Waals surface area contributed by atoms with Crippen LogP contribution in [0.2, 0.25) is 0 Å². The van der Waals surface area contributed by atoms with Gasteiger partial charge in [0.1, 0.15) is 17.1 Å². The molecule has 2 amide bonds. The number of hydrogen-bond acceptors (Lipinski definition) is 6. The summed E-state index contributed by atoms with van der Waals surface area (Å²) < 4.78 is 10.2. The predicted octanol–water partition coefficient (Wildman–Crippen LogP) is 2.22. The normalized spacial score (nSPS) is 9.96. The van der Waals surface area contributed by atoms with Crippen molar-refractivity contribution in [1.82, 2.24) is 5.32 Å². The fraction of sp³-hybridized carbons (Fsp3) is 0.176. The monoisotopic (exact) mass is 359 g/mol. The summed E-state index contributed by atoms with van der Waals surface area (Å²) in [4.78, 5) is 34.7. The van der Waals surface area contributed by atoms with Crippen LogP contribution in [0.3, 0.4) is 0 Å². The highest BCUT2D eigenvalue weighted by molar-refractivity contribution is 6.08. The average Bonchev–Trinajstić information content (AvgIpc) is 2.66. The Labute approximate surface area is 149 Å². The molecule has 9 nitrogen and oxygen atoms in total. The molecule has 0 unspecified atom stereocenters. The van der Waals surface area contributed by atoms with Gasteiger partial charge in [-0.1, -0.05) is 0 Å². The third-order valence-corrected chi connectivity index (χ3v) is 3.58. The Morgan fingerprint density at radius 2 is 1.77 bits per heavy atom. The molecular weight excluding hydrogens is 342 g/mol. The van der Waals surface area contributed by atoms with Crippen LogP contribution in [0.4, 0.5) is 11.4 Å². The maximum atomic E-state index is 12.5. The fourth-order valence-electron chi connectivity index (χ4n) is 2.25. The molecule has 0 aliphatic carbocycles. The van der Waals surface area contributed by atoms with Gasteiger partial charge in [0.2, 0.25) is 0 Å². The summed E-state index contributed by atoms with van der Waals surface area (Å²) in [6.45, 7) is 0. The molecule has 2 aromatic carbocycles. The van der Waals surface area contributed by atoms with Crippen molar-refractivity contribution in [3.8, 4) is 11.5 Å². The molecule has 0 radical (unpaired) electrons. The minimum atomic E-state index is -0.707. The number of anilines is 1. The lowest BCUT2D eigenvalue weighted by Gasteiger charge is -2.12. The van der Waals surface area contributed by atoms with E-state index in [9.17, 15) is 19.7 Å². The fourth-order valence-corrected chi connectivity index (χ4v) is 2.25. The van der Waals surface area contributed by atoms with Gasteiger partial charge in [0.05, 0.1) is 24.8 Å². The van der Waals surface area contributed by atoms with Crippen molar-refractivity contribution < 1.29 is 24.0 Å². The number of carbonyl (C=O) groups is 2. The van der Waals surface area contributed by atoms with Crippen LogP contribution < -0.4 is 20.1 Å². The summed E-state index contributed by atoms with van der Waals surface area (Å²) in [6.07, 6.45) is 0. The maximum Gasteiger partial charge on any atom is 0.282 e. The number of ether oxygens (including phenoxy) is 2. The number of methoxy groups -OCH3 is 2. The van der Waals surface area contributed by atoms with Gasteiger partial charge in [0.25, 0.3) is 17.5 Å². The second-order valence-electron chi connectivity index (χ2n) is 5.09. The number of rotatable bonds is 6. The first-order valence-corrected chi connectivity index (χ1v) is 7.45. The van der Waals surface area contributed by atoms with E-state index in [1.54, 1.807) is 0 Å². The second-order valence-corrected chi connectivity index (χ2v) is 5.09. The highest BCUT2D eigenvalue weighted by Gasteiger charge is 2.22. The molecule has 2 aromatic rings. The minimum absolute atomic E-state index is 0.160. The van der Waals surface area contributed by atoms with E-state index in [-0.39, 0.29) is 28.6 Å². The second kappa shape index (κ2) is 7.97. The van der Waals surface area contributed by atoms with Crippen molar-refractivity contribution in [2.45, 2.75) is 0 Å². The van der Waals surface area contributed by atoms with Crippen molar-refractivity contribution in [3.63, 3.8) is 0 Å². The van der Waals surface area contributed by atoms with Crippen molar-refractivity contribution in [2.24, 2.45) is 0 Å². The van der Waals surface area contributed by atoms with Gasteiger partial charge in [-0.25, -0.2) is 0 Å². The van der Waals surface area contributed by atoms with Gasteiger partial charge in [0, 0.05) is 18.7 Å². The highest BCUT2D eigenvalue weighted by Crippen LogP contribution is 2.29. The first kappa shape index (κ1) is 18.7. The van der Waals surface area contributed by atoms with Crippen LogP contribution in [0, 0.1) is 10.1 Å². The largest absolute Gasteiger partial charge is 0.497 e. The molecule has 0 heterocycles. The Balaban J connectivity index is 2.38. The first-order chi connectivity index (χ1) is 12.4. The quantitative estimate of drug-likeness (QED) is 0.603. The van der Waals surface area contributed by atoms with E-state index in [4.69, 9.17) is 9.47 Å². The van der Waals surface area contributed by atoms with Crippen molar-refractivity contribution in [1.29, 1.82) is 0 Å². The summed E-state index contributed by atoms with van der Waals surface area (Å²) in [6, 6.07) is 8.30. The number of hydrogen-bond donors (Lipinski definition) is 2. The highest BCUT2D eigenvalue weighted by atomic mass is 16.6. The van der Waals surface area contributed by atoms with Crippen LogP contribution in [0.25, 0.3) is 0 Å². The number of nitro benzene ring substituents is 1. The molecule has 2 N–H and O–H groups in total. The number of amides is 2. The number of nitrogens with zero attached hydrogens (tertiary/aromatic N) is 1. The number of nitrogens with one attached hydrogen (secondary N) is 2. The van der Waals surface area contributed by atoms with Crippen LogP contribution in [0.5, 0.6) is 11.5 Å². The molecule has 0 aromatic heterocycles. The van der Waals surface area contributed by atoms with E-state index in [1.807, 2.05) is 0 Å². The van der Waals surface area contributed by atoms with Gasteiger partial charge in [-0.05, 0) is 30.3 Å². The van der Waals surface area contributed by atoms with E-state index in [2.05, 4.69) is 10.6 Å². The number of carbonyl (C=O) groups excluding carboxylic acids is 2. The Morgan fingerprint density at radius 1 is 1.04 bits per heavy atom. The lowest BCUT2D eigenvalue weighted by molar-refractivity contribution is -0.385. The standard InChI is InChI=1S/C17H17N3O6/c1-18-16(21)10-4-6-13(15(8-10)26-3)19-17(22)12-9-11(25-2)5-7-14(12)20(23)24/h4-9H,1-3H3,(H,18,21)(H,19,22). The first-order valence-electron chi connectivity index (χ1n) is 7.45. The minimum Gasteiger partial charge on any atom is -0.497 e. The Morgan fingerprint density at radius 3 is 2.35 bits per heavy atom. The molecule has 2 rings (SSSR count). The molecule has 0 saturated heterocycles. The van der Waals surface area contributed by atoms with E-state index in [0.29, 0.717) is 11.3 Å². The van der Waals surface area contributed by atoms with Crippen LogP contribution in [-0.2, 0) is 0 Å². The van der Waals surface area contributed by atoms with E-state index in [0.717, 1.165) is 0 Å². The third kappa shape index (κ3) is 3.89. The lowest BCUT2D eigenvalue weighted by Crippen LogP contribution is -2.18. The Hall–Kier alpha value is -3.62. The molecule has 0 aliphatic rings. The molecule has 0 bridgehead atoms. The number of benzene rings is 2. The lowest BCUT2D eigenvalue weighted by atomic mass is 10.1. The zero-order valence-electron chi connectivity index (χ0n) is 14.4. The maximum absolute atomic E-state index is 12.5. The van der Waals surface area contributed by atoms with Crippen molar-refractivity contribution in [2.75, 3.05) is 26.6 Å². The van der Waals surface area contributed by atoms with Crippen molar-refractivity contribution in [3.05, 3.63) is 57.6 Å². The van der Waals surface area contributed by atoms with Gasteiger partial charge in [-0.3, -0.25) is 19.7 Å². The third-order valence-electron chi connectivity index (χ3n) is 3.58. The molecule has 0 atom stereocenters. The Bertz CT molecular complexity index is 866. The molecular formula is C17H17N3O6. The SMILES string of the molecule is CNC(=O)c1ccc(NC(=O)c2cc(OC)ccc2[N+](=O)[O-])c(OC)c1. The zero-order chi connectivity index (χ0) is 19.3. The number of nitro groups is 1. The molecule has 9 heteroatoms. The van der Waals surface area contributed by atoms with Crippen LogP contribution in [-0.4, -0.2) is 38.0 Å². The van der Waals surface area contributed by atoms with Gasteiger partial charge in [0.15, 0.2) is 0 Å². The molecule has 0 fully saturated rings. The molecule has 26 heavy (non-hydrogen) atoms. The van der Waals surface area contributed by atoms with E-state index >= 15 is 0 Å². The van der Waals surface area contributed by atoms with Gasteiger partial charge < -0.3 is 20.1 Å². The molecule has 136 valence electrons. The molecule has 0 aliphatic heterocycles. The summed E-state index contributed by atoms with van der Waals surface area (Å²) in [7, 11) is 4.27. The van der Waals surface area contributed by atoms with Gasteiger partial charge in [-0.2, -0.15) is 0 Å². The summed E-state index contributed by atoms with van der Waals surface area (Å²) >= 11 is 0. The summed E-state index contributed by atoms with van der Waals surface area (Å²) in [5.74, 6) is -0.473. The van der Waals surface area contributed by atoms with Crippen LogP contribution in [0.15, 0.2) is 36.4 Å². The van der Waals surface area contributed by atoms with Gasteiger partial charge >= 0.3 is 0 Å². The Kier molecular flexibility index (Phi) is 5.74. The topological polar surface area (TPSA) is 120 Å². The zero-order valence-corrected chi connectivity index (χ0v) is 14.4. The van der Waals surface area contributed by atoms with E-state index < -0.39 is 10.8 Å². The summed E-state index contributed by atoms with van der Waals surface area (Å²) in [5.41, 5.74) is 0.0907.